The average Bonchev–Trinajstić information content (AvgIpc) is 2.73. The van der Waals surface area contributed by atoms with E-state index in [2.05, 4.69) is 5.32 Å². The van der Waals surface area contributed by atoms with Crippen molar-refractivity contribution in [1.29, 1.82) is 0 Å². The van der Waals surface area contributed by atoms with E-state index < -0.39 is 11.9 Å². The van der Waals surface area contributed by atoms with Gasteiger partial charge < -0.3 is 15.0 Å². The summed E-state index contributed by atoms with van der Waals surface area (Å²) in [6, 6.07) is 9.10. The SMILES string of the molecule is CC[C@H](C(=O)NCC(C)C)N(Cc1c(Cl)cccc1Cl)C(=O)COc1ccc(Cl)cc1Cl. The molecule has 2 rings (SSSR count). The Kier molecular flexibility index (Phi) is 10.4. The van der Waals surface area contributed by atoms with Crippen molar-refractivity contribution in [2.24, 2.45) is 5.92 Å². The number of ether oxygens (including phenoxy) is 1. The Morgan fingerprint density at radius 1 is 1.03 bits per heavy atom. The summed E-state index contributed by atoms with van der Waals surface area (Å²) in [5.74, 6) is -0.0627. The van der Waals surface area contributed by atoms with Gasteiger partial charge >= 0.3 is 0 Å². The van der Waals surface area contributed by atoms with Crippen molar-refractivity contribution < 1.29 is 14.3 Å². The second-order valence-corrected chi connectivity index (χ2v) is 9.31. The Hall–Kier alpha value is -1.66. The van der Waals surface area contributed by atoms with Crippen LogP contribution in [0.15, 0.2) is 36.4 Å². The third-order valence-corrected chi connectivity index (χ3v) is 5.94. The van der Waals surface area contributed by atoms with Crippen LogP contribution in [0.2, 0.25) is 20.1 Å². The molecule has 32 heavy (non-hydrogen) atoms. The number of benzene rings is 2. The minimum absolute atomic E-state index is 0.0582. The summed E-state index contributed by atoms with van der Waals surface area (Å²) in [7, 11) is 0. The molecule has 2 aromatic rings. The number of nitrogens with one attached hydrogen (secondary N) is 1. The number of nitrogens with zero attached hydrogens (tertiary/aromatic N) is 1. The van der Waals surface area contributed by atoms with Crippen LogP contribution in [0, 0.1) is 5.92 Å². The predicted octanol–water partition coefficient (Wildman–Crippen LogP) is 6.26. The average molecular weight is 520 g/mol. The molecule has 0 bridgehead atoms. The van der Waals surface area contributed by atoms with Gasteiger partial charge in [-0.05, 0) is 42.7 Å². The van der Waals surface area contributed by atoms with Gasteiger partial charge in [0.05, 0.1) is 5.02 Å². The fraction of sp³-hybridized carbons (Fsp3) is 0.391. The maximum absolute atomic E-state index is 13.2. The lowest BCUT2D eigenvalue weighted by molar-refractivity contribution is -0.143. The predicted molar refractivity (Wildman–Crippen MR) is 131 cm³/mol. The summed E-state index contributed by atoms with van der Waals surface area (Å²) in [5.41, 5.74) is 0.559. The van der Waals surface area contributed by atoms with E-state index in [1.807, 2.05) is 20.8 Å². The molecule has 1 atom stereocenters. The smallest absolute Gasteiger partial charge is 0.261 e. The van der Waals surface area contributed by atoms with Crippen LogP contribution in [0.1, 0.15) is 32.8 Å². The van der Waals surface area contributed by atoms with Crippen molar-refractivity contribution in [2.45, 2.75) is 39.8 Å². The Balaban J connectivity index is 2.28. The summed E-state index contributed by atoms with van der Waals surface area (Å²) in [6.45, 7) is 6.07. The number of halogens is 4. The van der Waals surface area contributed by atoms with Crippen LogP contribution < -0.4 is 10.1 Å². The Morgan fingerprint density at radius 2 is 1.69 bits per heavy atom. The van der Waals surface area contributed by atoms with Crippen LogP contribution in [-0.2, 0) is 16.1 Å². The van der Waals surface area contributed by atoms with E-state index in [4.69, 9.17) is 51.1 Å². The molecule has 0 aromatic heterocycles. The van der Waals surface area contributed by atoms with Gasteiger partial charge in [-0.25, -0.2) is 0 Å². The molecule has 0 fully saturated rings. The summed E-state index contributed by atoms with van der Waals surface area (Å²) in [5, 5.41) is 4.46. The van der Waals surface area contributed by atoms with Crippen molar-refractivity contribution in [1.82, 2.24) is 10.2 Å². The van der Waals surface area contributed by atoms with E-state index in [0.29, 0.717) is 39.3 Å². The van der Waals surface area contributed by atoms with Crippen LogP contribution in [-0.4, -0.2) is 35.9 Å². The van der Waals surface area contributed by atoms with Crippen LogP contribution in [0.4, 0.5) is 0 Å². The first-order chi connectivity index (χ1) is 15.1. The normalized spacial score (nSPS) is 11.9. The Labute approximate surface area is 208 Å². The number of hydrogen-bond donors (Lipinski definition) is 1. The van der Waals surface area contributed by atoms with E-state index in [1.54, 1.807) is 30.3 Å². The van der Waals surface area contributed by atoms with E-state index in [1.165, 1.54) is 11.0 Å². The van der Waals surface area contributed by atoms with Gasteiger partial charge in [0.25, 0.3) is 5.91 Å². The minimum Gasteiger partial charge on any atom is -0.482 e. The number of rotatable bonds is 10. The molecule has 0 aliphatic heterocycles. The van der Waals surface area contributed by atoms with Crippen molar-refractivity contribution in [2.75, 3.05) is 13.2 Å². The number of amides is 2. The summed E-state index contributed by atoms with van der Waals surface area (Å²) >= 11 is 24.7. The van der Waals surface area contributed by atoms with E-state index in [0.717, 1.165) is 0 Å². The third kappa shape index (κ3) is 7.45. The molecular weight excluding hydrogens is 494 g/mol. The molecule has 2 amide bonds. The molecule has 0 aliphatic carbocycles. The van der Waals surface area contributed by atoms with E-state index >= 15 is 0 Å². The van der Waals surface area contributed by atoms with Crippen LogP contribution in [0.3, 0.4) is 0 Å². The lowest BCUT2D eigenvalue weighted by atomic mass is 10.1. The van der Waals surface area contributed by atoms with Crippen LogP contribution in [0.5, 0.6) is 5.75 Å². The topological polar surface area (TPSA) is 58.6 Å². The molecule has 9 heteroatoms. The number of carbonyl (C=O) groups excluding carboxylic acids is 2. The maximum atomic E-state index is 13.2. The maximum Gasteiger partial charge on any atom is 0.261 e. The van der Waals surface area contributed by atoms with Crippen molar-refractivity contribution in [3.8, 4) is 5.75 Å². The van der Waals surface area contributed by atoms with Gasteiger partial charge in [0.2, 0.25) is 5.91 Å². The summed E-state index contributed by atoms with van der Waals surface area (Å²) < 4.78 is 5.63. The van der Waals surface area contributed by atoms with E-state index in [9.17, 15) is 9.59 Å². The highest BCUT2D eigenvalue weighted by Gasteiger charge is 2.30. The first-order valence-electron chi connectivity index (χ1n) is 10.2. The highest BCUT2D eigenvalue weighted by molar-refractivity contribution is 6.36. The van der Waals surface area contributed by atoms with Crippen LogP contribution in [0.25, 0.3) is 0 Å². The fourth-order valence-corrected chi connectivity index (χ4v) is 3.99. The largest absolute Gasteiger partial charge is 0.482 e. The Morgan fingerprint density at radius 3 is 2.25 bits per heavy atom. The molecule has 0 saturated carbocycles. The second-order valence-electron chi connectivity index (χ2n) is 7.65. The highest BCUT2D eigenvalue weighted by atomic mass is 35.5. The van der Waals surface area contributed by atoms with Gasteiger partial charge in [0.1, 0.15) is 11.8 Å². The molecule has 0 unspecified atom stereocenters. The number of hydrogen-bond acceptors (Lipinski definition) is 3. The molecule has 0 aliphatic rings. The van der Waals surface area contributed by atoms with Crippen LogP contribution >= 0.6 is 46.4 Å². The fourth-order valence-electron chi connectivity index (χ4n) is 3.01. The molecule has 1 N–H and O–H groups in total. The first-order valence-corrected chi connectivity index (χ1v) is 11.7. The molecule has 2 aromatic carbocycles. The molecule has 5 nitrogen and oxygen atoms in total. The highest BCUT2D eigenvalue weighted by Crippen LogP contribution is 2.29. The lowest BCUT2D eigenvalue weighted by Gasteiger charge is -2.31. The zero-order chi connectivity index (χ0) is 23.8. The van der Waals surface area contributed by atoms with Crippen molar-refractivity contribution >= 4 is 58.2 Å². The van der Waals surface area contributed by atoms with Crippen molar-refractivity contribution in [3.05, 3.63) is 62.1 Å². The lowest BCUT2D eigenvalue weighted by Crippen LogP contribution is -2.50. The molecule has 174 valence electrons. The third-order valence-electron chi connectivity index (χ3n) is 4.71. The van der Waals surface area contributed by atoms with Gasteiger partial charge in [0, 0.05) is 33.7 Å². The molecule has 0 radical (unpaired) electrons. The zero-order valence-corrected chi connectivity index (χ0v) is 21.2. The molecule has 0 spiro atoms. The van der Waals surface area contributed by atoms with Gasteiger partial charge in [-0.1, -0.05) is 73.2 Å². The standard InChI is InChI=1S/C23H26Cl4N2O3/c1-4-20(23(31)28-11-14(2)3)29(12-16-17(25)6-5-7-18(16)26)22(30)13-32-21-9-8-15(24)10-19(21)27/h5-10,14,20H,4,11-13H2,1-3H3,(H,28,31)/t20-/m1/s1. The molecule has 0 saturated heterocycles. The molecular formula is C23H26Cl4N2O3. The zero-order valence-electron chi connectivity index (χ0n) is 18.1. The second kappa shape index (κ2) is 12.5. The summed E-state index contributed by atoms with van der Waals surface area (Å²) in [6.07, 6.45) is 0.402. The first kappa shape index (κ1) is 26.6. The van der Waals surface area contributed by atoms with Gasteiger partial charge in [-0.3, -0.25) is 9.59 Å². The Bertz CT molecular complexity index is 933. The van der Waals surface area contributed by atoms with E-state index in [-0.39, 0.29) is 30.0 Å². The summed E-state index contributed by atoms with van der Waals surface area (Å²) in [4.78, 5) is 27.6. The van der Waals surface area contributed by atoms with Crippen molar-refractivity contribution in [3.63, 3.8) is 0 Å². The molecule has 0 heterocycles. The monoisotopic (exact) mass is 518 g/mol. The quantitative estimate of drug-likeness (QED) is 0.403. The minimum atomic E-state index is -0.724. The number of carbonyl (C=O) groups is 2. The van der Waals surface area contributed by atoms with Gasteiger partial charge in [-0.15, -0.1) is 0 Å². The van der Waals surface area contributed by atoms with Gasteiger partial charge in [-0.2, -0.15) is 0 Å². The van der Waals surface area contributed by atoms with Gasteiger partial charge in [0.15, 0.2) is 6.61 Å².